The minimum Gasteiger partial charge on any atom is -0.507 e. The molecule has 0 radical (unpaired) electrons. The maximum Gasteiger partial charge on any atom is 0.172 e. The number of aromatic hydroxyl groups is 1. The van der Waals surface area contributed by atoms with Crippen molar-refractivity contribution in [1.82, 2.24) is 20.0 Å². The summed E-state index contributed by atoms with van der Waals surface area (Å²) in [7, 11) is 3.70. The predicted octanol–water partition coefficient (Wildman–Crippen LogP) is 5.32. The van der Waals surface area contributed by atoms with Crippen LogP contribution in [0.2, 0.25) is 0 Å². The van der Waals surface area contributed by atoms with E-state index in [1.807, 2.05) is 7.05 Å². The van der Waals surface area contributed by atoms with Crippen LogP contribution < -0.4 is 4.90 Å². The number of nitrogens with zero attached hydrogens (tertiary/aromatic N) is 5. The number of fused-ring (bicyclic) bond motifs is 2. The third kappa shape index (κ3) is 3.75. The molecule has 3 aromatic rings. The molecule has 2 bridgehead atoms. The molecule has 0 saturated heterocycles. The highest BCUT2D eigenvalue weighted by molar-refractivity contribution is 5.75. The largest absolute Gasteiger partial charge is 0.507 e. The number of rotatable bonds is 4. The highest BCUT2D eigenvalue weighted by Crippen LogP contribution is 2.58. The summed E-state index contributed by atoms with van der Waals surface area (Å²) in [6.07, 6.45) is 8.99. The lowest BCUT2D eigenvalue weighted by atomic mass is 9.68. The fraction of sp³-hybridized carbons (Fsp3) is 0.480. The number of hydrogen-bond acceptors (Lipinski definition) is 5. The minimum absolute atomic E-state index is 0.0555. The summed E-state index contributed by atoms with van der Waals surface area (Å²) in [6, 6.07) is 4.90. The van der Waals surface area contributed by atoms with Gasteiger partial charge in [0.05, 0.1) is 17.5 Å². The number of phenolic OH excluding ortho intramolecular Hbond substituents is 1. The molecule has 6 nitrogen and oxygen atoms in total. The first-order chi connectivity index (χ1) is 15.6. The second-order valence-corrected chi connectivity index (χ2v) is 10.6. The van der Waals surface area contributed by atoms with Crippen molar-refractivity contribution in [2.45, 2.75) is 52.0 Å². The first-order valence-electron chi connectivity index (χ1n) is 11.3. The van der Waals surface area contributed by atoms with Gasteiger partial charge in [0.15, 0.2) is 17.5 Å². The Kier molecular flexibility index (Phi) is 4.95. The Morgan fingerprint density at radius 2 is 1.79 bits per heavy atom. The Labute approximate surface area is 192 Å². The van der Waals surface area contributed by atoms with E-state index in [4.69, 9.17) is 0 Å². The Morgan fingerprint density at radius 1 is 1.09 bits per heavy atom. The first-order valence-corrected chi connectivity index (χ1v) is 11.3. The average Bonchev–Trinajstić information content (AvgIpc) is 3.29. The Morgan fingerprint density at radius 3 is 2.36 bits per heavy atom. The van der Waals surface area contributed by atoms with Crippen molar-refractivity contribution in [2.75, 3.05) is 11.9 Å². The summed E-state index contributed by atoms with van der Waals surface area (Å²) in [4.78, 5) is 2.15. The molecule has 0 unspecified atom stereocenters. The number of benzene rings is 1. The first kappa shape index (κ1) is 21.8. The molecule has 0 spiro atoms. The van der Waals surface area contributed by atoms with Crippen LogP contribution in [0.25, 0.3) is 22.4 Å². The molecule has 2 heterocycles. The van der Waals surface area contributed by atoms with E-state index in [0.717, 1.165) is 12.8 Å². The molecular formula is C25H29F2N5O. The van der Waals surface area contributed by atoms with Gasteiger partial charge in [-0.3, -0.25) is 4.68 Å². The SMILES string of the molecule is CN(c1ccc(-c2c(O)cc(-c3cnn(C)c3)c(F)c2F)nn1)[C@H]1C[C@]2(C)CC[C@](C)(C1)C2. The maximum absolute atomic E-state index is 15.0. The molecule has 2 fully saturated rings. The summed E-state index contributed by atoms with van der Waals surface area (Å²) < 4.78 is 31.3. The molecule has 2 aliphatic carbocycles. The van der Waals surface area contributed by atoms with Crippen molar-refractivity contribution in [3.8, 4) is 28.1 Å². The second kappa shape index (κ2) is 7.50. The van der Waals surface area contributed by atoms with Crippen molar-refractivity contribution in [2.24, 2.45) is 17.9 Å². The number of aryl methyl sites for hydroxylation is 1. The molecule has 1 N–H and O–H groups in total. The molecule has 0 aliphatic heterocycles. The Balaban J connectivity index is 1.42. The summed E-state index contributed by atoms with van der Waals surface area (Å²) in [5.41, 5.74) is 0.838. The van der Waals surface area contributed by atoms with Crippen LogP contribution in [-0.4, -0.2) is 38.2 Å². The van der Waals surface area contributed by atoms with Crippen LogP contribution >= 0.6 is 0 Å². The van der Waals surface area contributed by atoms with E-state index in [2.05, 4.69) is 34.0 Å². The van der Waals surface area contributed by atoms with Crippen LogP contribution in [0.4, 0.5) is 14.6 Å². The zero-order valence-corrected chi connectivity index (χ0v) is 19.4. The molecule has 2 saturated carbocycles. The predicted molar refractivity (Wildman–Crippen MR) is 123 cm³/mol. The topological polar surface area (TPSA) is 67.1 Å². The molecule has 33 heavy (non-hydrogen) atoms. The molecule has 5 rings (SSSR count). The molecule has 0 amide bonds. The fourth-order valence-electron chi connectivity index (χ4n) is 6.10. The molecule has 3 atom stereocenters. The van der Waals surface area contributed by atoms with E-state index in [1.165, 1.54) is 36.2 Å². The molecule has 1 aromatic carbocycles. The van der Waals surface area contributed by atoms with Gasteiger partial charge in [-0.25, -0.2) is 8.78 Å². The van der Waals surface area contributed by atoms with Crippen molar-refractivity contribution < 1.29 is 13.9 Å². The Hall–Kier alpha value is -3.03. The smallest absolute Gasteiger partial charge is 0.172 e. The molecule has 8 heteroatoms. The number of anilines is 1. The van der Waals surface area contributed by atoms with E-state index in [1.54, 1.807) is 25.4 Å². The number of halogens is 2. The molecule has 2 aromatic heterocycles. The second-order valence-electron chi connectivity index (χ2n) is 10.6. The monoisotopic (exact) mass is 453 g/mol. The lowest BCUT2D eigenvalue weighted by Gasteiger charge is -2.44. The number of phenols is 1. The van der Waals surface area contributed by atoms with E-state index in [0.29, 0.717) is 28.3 Å². The van der Waals surface area contributed by atoms with Crippen LogP contribution in [0, 0.1) is 22.5 Å². The highest BCUT2D eigenvalue weighted by atomic mass is 19.2. The fourth-order valence-corrected chi connectivity index (χ4v) is 6.10. The van der Waals surface area contributed by atoms with Gasteiger partial charge in [0.2, 0.25) is 0 Å². The third-order valence-corrected chi connectivity index (χ3v) is 7.66. The van der Waals surface area contributed by atoms with E-state index in [-0.39, 0.29) is 16.8 Å². The van der Waals surface area contributed by atoms with Crippen molar-refractivity contribution in [3.05, 3.63) is 42.2 Å². The average molecular weight is 454 g/mol. The lowest BCUT2D eigenvalue weighted by molar-refractivity contribution is 0.148. The van der Waals surface area contributed by atoms with Crippen LogP contribution in [0.5, 0.6) is 5.75 Å². The number of aromatic nitrogens is 4. The summed E-state index contributed by atoms with van der Waals surface area (Å²) in [5, 5.41) is 22.9. The standard InChI is InChI=1S/C25H29F2N5O/c1-24-7-8-25(2,14-24)11-16(10-24)32(4)20-6-5-18(29-30-20)21-19(33)9-17(22(26)23(21)27)15-12-28-31(3)13-15/h5-6,9,12-13,16,33H,7-8,10-11,14H2,1-4H3/t16-,24-,25+. The van der Waals surface area contributed by atoms with Gasteiger partial charge in [-0.1, -0.05) is 13.8 Å². The van der Waals surface area contributed by atoms with Crippen LogP contribution in [0.3, 0.4) is 0 Å². The van der Waals surface area contributed by atoms with Crippen LogP contribution in [0.1, 0.15) is 46.0 Å². The number of hydrogen-bond donors (Lipinski definition) is 1. The van der Waals surface area contributed by atoms with Crippen molar-refractivity contribution >= 4 is 5.82 Å². The molecule has 2 aliphatic rings. The van der Waals surface area contributed by atoms with Gasteiger partial charge in [0.1, 0.15) is 5.75 Å². The summed E-state index contributed by atoms with van der Waals surface area (Å²) in [5.74, 6) is -1.93. The van der Waals surface area contributed by atoms with Gasteiger partial charge < -0.3 is 10.0 Å². The molecular weight excluding hydrogens is 424 g/mol. The van der Waals surface area contributed by atoms with Crippen LogP contribution in [0.15, 0.2) is 30.6 Å². The zero-order chi connectivity index (χ0) is 23.5. The van der Waals surface area contributed by atoms with Gasteiger partial charge in [0.25, 0.3) is 0 Å². The van der Waals surface area contributed by atoms with E-state index >= 15 is 0 Å². The molecule has 174 valence electrons. The van der Waals surface area contributed by atoms with E-state index < -0.39 is 17.4 Å². The van der Waals surface area contributed by atoms with Crippen molar-refractivity contribution in [1.29, 1.82) is 0 Å². The van der Waals surface area contributed by atoms with Crippen LogP contribution in [-0.2, 0) is 7.05 Å². The van der Waals surface area contributed by atoms with Gasteiger partial charge >= 0.3 is 0 Å². The van der Waals surface area contributed by atoms with Gasteiger partial charge in [0, 0.05) is 37.5 Å². The summed E-state index contributed by atoms with van der Waals surface area (Å²) >= 11 is 0. The summed E-state index contributed by atoms with van der Waals surface area (Å²) in [6.45, 7) is 4.75. The Bertz CT molecular complexity index is 1190. The quantitative estimate of drug-likeness (QED) is 0.579. The third-order valence-electron chi connectivity index (χ3n) is 7.66. The lowest BCUT2D eigenvalue weighted by Crippen LogP contribution is -2.42. The van der Waals surface area contributed by atoms with Gasteiger partial charge in [-0.15, -0.1) is 10.2 Å². The zero-order valence-electron chi connectivity index (χ0n) is 19.4. The van der Waals surface area contributed by atoms with Gasteiger partial charge in [-0.05, 0) is 61.1 Å². The maximum atomic E-state index is 15.0. The highest BCUT2D eigenvalue weighted by Gasteiger charge is 2.50. The normalized spacial score (nSPS) is 26.5. The van der Waals surface area contributed by atoms with E-state index in [9.17, 15) is 13.9 Å². The van der Waals surface area contributed by atoms with Crippen molar-refractivity contribution in [3.63, 3.8) is 0 Å². The minimum atomic E-state index is -1.16. The van der Waals surface area contributed by atoms with Gasteiger partial charge in [-0.2, -0.15) is 5.10 Å².